The average molecular weight is 285 g/mol. The summed E-state index contributed by atoms with van der Waals surface area (Å²) >= 11 is 3.32. The lowest BCUT2D eigenvalue weighted by atomic mass is 10.2. The van der Waals surface area contributed by atoms with E-state index < -0.39 is 0 Å². The molecule has 0 heterocycles. The molecule has 0 bridgehead atoms. The summed E-state index contributed by atoms with van der Waals surface area (Å²) in [6.07, 6.45) is 1.37. The molecule has 1 aromatic rings. The van der Waals surface area contributed by atoms with E-state index in [0.29, 0.717) is 18.5 Å². The lowest BCUT2D eigenvalue weighted by molar-refractivity contribution is 0.318. The summed E-state index contributed by atoms with van der Waals surface area (Å²) in [5.74, 6) is -0.185. The maximum atomic E-state index is 13.4. The highest BCUT2D eigenvalue weighted by Crippen LogP contribution is 2.16. The van der Waals surface area contributed by atoms with Gasteiger partial charge in [0.25, 0.3) is 0 Å². The first-order valence-electron chi connectivity index (χ1n) is 5.13. The molecule has 0 saturated heterocycles. The minimum absolute atomic E-state index is 0.185. The van der Waals surface area contributed by atoms with Gasteiger partial charge in [-0.25, -0.2) is 4.39 Å². The first kappa shape index (κ1) is 13.1. The summed E-state index contributed by atoms with van der Waals surface area (Å²) in [6.45, 7) is 1.37. The highest BCUT2D eigenvalue weighted by Gasteiger charge is 2.06. The summed E-state index contributed by atoms with van der Waals surface area (Å²) in [4.78, 5) is 2.02. The number of nitrogens with zero attached hydrogens (tertiary/aromatic N) is 2. The van der Waals surface area contributed by atoms with Crippen LogP contribution in [-0.4, -0.2) is 18.5 Å². The van der Waals surface area contributed by atoms with Crippen LogP contribution in [0.5, 0.6) is 0 Å². The quantitative estimate of drug-likeness (QED) is 0.776. The number of rotatable bonds is 5. The SMILES string of the molecule is CN(CCCC#N)Cc1cc(Br)ccc1F. The fourth-order valence-electron chi connectivity index (χ4n) is 1.46. The Hall–Kier alpha value is -0.920. The van der Waals surface area contributed by atoms with Gasteiger partial charge in [-0.15, -0.1) is 0 Å². The van der Waals surface area contributed by atoms with Crippen molar-refractivity contribution in [2.24, 2.45) is 0 Å². The predicted molar refractivity (Wildman–Crippen MR) is 65.3 cm³/mol. The Bertz CT molecular complexity index is 387. The minimum Gasteiger partial charge on any atom is -0.302 e. The van der Waals surface area contributed by atoms with Crippen LogP contribution in [0.25, 0.3) is 0 Å². The minimum atomic E-state index is -0.185. The lowest BCUT2D eigenvalue weighted by Crippen LogP contribution is -2.19. The van der Waals surface area contributed by atoms with Crippen LogP contribution >= 0.6 is 15.9 Å². The number of benzene rings is 1. The van der Waals surface area contributed by atoms with Crippen molar-refractivity contribution < 1.29 is 4.39 Å². The molecule has 0 spiro atoms. The van der Waals surface area contributed by atoms with E-state index in [9.17, 15) is 4.39 Å². The third-order valence-electron chi connectivity index (χ3n) is 2.28. The summed E-state index contributed by atoms with van der Waals surface area (Å²) in [5.41, 5.74) is 0.675. The van der Waals surface area contributed by atoms with Crippen LogP contribution in [0.1, 0.15) is 18.4 Å². The first-order chi connectivity index (χ1) is 7.63. The van der Waals surface area contributed by atoms with Gasteiger partial charge < -0.3 is 4.90 Å². The summed E-state index contributed by atoms with van der Waals surface area (Å²) in [7, 11) is 1.93. The van der Waals surface area contributed by atoms with Crippen LogP contribution in [0.4, 0.5) is 4.39 Å². The molecular formula is C12H14BrFN2. The monoisotopic (exact) mass is 284 g/mol. The van der Waals surface area contributed by atoms with E-state index >= 15 is 0 Å². The van der Waals surface area contributed by atoms with Crippen LogP contribution in [0.15, 0.2) is 22.7 Å². The molecular weight excluding hydrogens is 271 g/mol. The van der Waals surface area contributed by atoms with E-state index in [0.717, 1.165) is 17.4 Å². The molecule has 0 unspecified atom stereocenters. The molecule has 0 saturated carbocycles. The predicted octanol–water partition coefficient (Wildman–Crippen LogP) is 3.32. The van der Waals surface area contributed by atoms with Gasteiger partial charge in [0.15, 0.2) is 0 Å². The normalized spacial score (nSPS) is 10.4. The smallest absolute Gasteiger partial charge is 0.127 e. The van der Waals surface area contributed by atoms with Gasteiger partial charge in [0.2, 0.25) is 0 Å². The van der Waals surface area contributed by atoms with Gasteiger partial charge >= 0.3 is 0 Å². The largest absolute Gasteiger partial charge is 0.302 e. The first-order valence-corrected chi connectivity index (χ1v) is 5.92. The summed E-state index contributed by atoms with van der Waals surface area (Å²) < 4.78 is 14.3. The van der Waals surface area contributed by atoms with E-state index in [1.165, 1.54) is 6.07 Å². The average Bonchev–Trinajstić information content (AvgIpc) is 2.24. The number of hydrogen-bond acceptors (Lipinski definition) is 2. The number of hydrogen-bond donors (Lipinski definition) is 0. The molecule has 0 N–H and O–H groups in total. The number of unbranched alkanes of at least 4 members (excludes halogenated alkanes) is 1. The highest BCUT2D eigenvalue weighted by atomic mass is 79.9. The van der Waals surface area contributed by atoms with Crippen molar-refractivity contribution in [3.8, 4) is 6.07 Å². The van der Waals surface area contributed by atoms with Crippen molar-refractivity contribution in [1.82, 2.24) is 4.90 Å². The van der Waals surface area contributed by atoms with Gasteiger partial charge in [0.05, 0.1) is 6.07 Å². The van der Waals surface area contributed by atoms with Gasteiger partial charge in [0, 0.05) is 23.0 Å². The second-order valence-corrected chi connectivity index (χ2v) is 4.65. The molecule has 0 aliphatic carbocycles. The molecule has 2 nitrogen and oxygen atoms in total. The Morgan fingerprint density at radius 3 is 2.94 bits per heavy atom. The Morgan fingerprint density at radius 1 is 1.50 bits per heavy atom. The van der Waals surface area contributed by atoms with Gasteiger partial charge in [-0.1, -0.05) is 15.9 Å². The fraction of sp³-hybridized carbons (Fsp3) is 0.417. The van der Waals surface area contributed by atoms with Crippen LogP contribution < -0.4 is 0 Å². The molecule has 86 valence electrons. The van der Waals surface area contributed by atoms with Gasteiger partial charge in [-0.2, -0.15) is 5.26 Å². The Morgan fingerprint density at radius 2 is 2.25 bits per heavy atom. The summed E-state index contributed by atoms with van der Waals surface area (Å²) in [5, 5.41) is 8.41. The Labute approximate surface area is 104 Å². The van der Waals surface area contributed by atoms with Gasteiger partial charge in [0.1, 0.15) is 5.82 Å². The van der Waals surface area contributed by atoms with Crippen LogP contribution in [-0.2, 0) is 6.54 Å². The van der Waals surface area contributed by atoms with E-state index in [1.54, 1.807) is 12.1 Å². The van der Waals surface area contributed by atoms with Crippen LogP contribution in [0, 0.1) is 17.1 Å². The standard InChI is InChI=1S/C12H14BrFN2/c1-16(7-3-2-6-15)9-10-8-11(13)4-5-12(10)14/h4-5,8H,2-3,7,9H2,1H3. The second kappa shape index (κ2) is 6.62. The van der Waals surface area contributed by atoms with Gasteiger partial charge in [-0.05, 0) is 38.2 Å². The maximum Gasteiger partial charge on any atom is 0.127 e. The molecule has 0 amide bonds. The Kier molecular flexibility index (Phi) is 5.44. The third kappa shape index (κ3) is 4.30. The summed E-state index contributed by atoms with van der Waals surface area (Å²) in [6, 6.07) is 7.04. The molecule has 1 rings (SSSR count). The lowest BCUT2D eigenvalue weighted by Gasteiger charge is -2.16. The number of nitriles is 1. The fourth-order valence-corrected chi connectivity index (χ4v) is 1.87. The highest BCUT2D eigenvalue weighted by molar-refractivity contribution is 9.10. The van der Waals surface area contributed by atoms with E-state index in [2.05, 4.69) is 22.0 Å². The zero-order valence-corrected chi connectivity index (χ0v) is 10.8. The van der Waals surface area contributed by atoms with E-state index in [1.807, 2.05) is 11.9 Å². The Balaban J connectivity index is 2.52. The van der Waals surface area contributed by atoms with Crippen molar-refractivity contribution in [2.45, 2.75) is 19.4 Å². The number of halogens is 2. The molecule has 0 aromatic heterocycles. The van der Waals surface area contributed by atoms with Crippen molar-refractivity contribution in [3.63, 3.8) is 0 Å². The molecule has 0 aliphatic rings. The van der Waals surface area contributed by atoms with Gasteiger partial charge in [-0.3, -0.25) is 0 Å². The molecule has 0 atom stereocenters. The van der Waals surface area contributed by atoms with Crippen molar-refractivity contribution in [1.29, 1.82) is 5.26 Å². The van der Waals surface area contributed by atoms with Crippen LogP contribution in [0.3, 0.4) is 0 Å². The van der Waals surface area contributed by atoms with Crippen molar-refractivity contribution >= 4 is 15.9 Å². The maximum absolute atomic E-state index is 13.4. The molecule has 0 fully saturated rings. The molecule has 1 aromatic carbocycles. The van der Waals surface area contributed by atoms with Crippen molar-refractivity contribution in [3.05, 3.63) is 34.1 Å². The van der Waals surface area contributed by atoms with Crippen LogP contribution in [0.2, 0.25) is 0 Å². The zero-order chi connectivity index (χ0) is 12.0. The molecule has 0 aliphatic heterocycles. The molecule has 0 radical (unpaired) electrons. The topological polar surface area (TPSA) is 27.0 Å². The van der Waals surface area contributed by atoms with Crippen molar-refractivity contribution in [2.75, 3.05) is 13.6 Å². The second-order valence-electron chi connectivity index (χ2n) is 3.74. The zero-order valence-electron chi connectivity index (χ0n) is 9.21. The third-order valence-corrected chi connectivity index (χ3v) is 2.77. The van der Waals surface area contributed by atoms with E-state index in [-0.39, 0.29) is 5.82 Å². The molecule has 16 heavy (non-hydrogen) atoms. The van der Waals surface area contributed by atoms with E-state index in [4.69, 9.17) is 5.26 Å². The molecule has 4 heteroatoms.